The number of nitrogens with zero attached hydrogens (tertiary/aromatic N) is 4. The minimum atomic E-state index is 0.199. The van der Waals surface area contributed by atoms with E-state index in [-0.39, 0.29) is 5.28 Å². The molecule has 0 bridgehead atoms. The third-order valence-corrected chi connectivity index (χ3v) is 1.97. The first-order valence-corrected chi connectivity index (χ1v) is 5.11. The predicted molar refractivity (Wildman–Crippen MR) is 57.6 cm³/mol. The lowest BCUT2D eigenvalue weighted by Gasteiger charge is -2.23. The predicted octanol–water partition coefficient (Wildman–Crippen LogP) is 2.01. The van der Waals surface area contributed by atoms with Crippen molar-refractivity contribution >= 4 is 17.4 Å². The Morgan fingerprint density at radius 3 is 2.71 bits per heavy atom. The molecule has 0 aliphatic carbocycles. The molecule has 4 nitrogen and oxygen atoms in total. The Bertz CT molecular complexity index is 290. The molecule has 14 heavy (non-hydrogen) atoms. The molecule has 0 spiro atoms. The Labute approximate surface area is 89.3 Å². The van der Waals surface area contributed by atoms with Gasteiger partial charge in [0, 0.05) is 13.1 Å². The van der Waals surface area contributed by atoms with Gasteiger partial charge >= 0.3 is 0 Å². The number of anilines is 1. The first-order chi connectivity index (χ1) is 6.63. The smallest absolute Gasteiger partial charge is 0.244 e. The number of aromatic nitrogens is 3. The Kier molecular flexibility index (Phi) is 4.07. The number of rotatable bonds is 4. The van der Waals surface area contributed by atoms with Gasteiger partial charge in [0.15, 0.2) is 5.82 Å². The molecule has 1 heterocycles. The molecule has 0 fully saturated rings. The van der Waals surface area contributed by atoms with Gasteiger partial charge in [-0.05, 0) is 24.4 Å². The summed E-state index contributed by atoms with van der Waals surface area (Å²) in [5.74, 6) is 1.38. The number of hydrogen-bond acceptors (Lipinski definition) is 4. The molecule has 0 aliphatic heterocycles. The average Bonchev–Trinajstić information content (AvgIpc) is 2.14. The summed E-state index contributed by atoms with van der Waals surface area (Å²) in [5, 5.41) is 7.59. The van der Waals surface area contributed by atoms with E-state index in [4.69, 9.17) is 11.6 Å². The minimum Gasteiger partial charge on any atom is -0.355 e. The van der Waals surface area contributed by atoms with Crippen LogP contribution in [0, 0.1) is 5.92 Å². The van der Waals surface area contributed by atoms with Crippen molar-refractivity contribution in [2.24, 2.45) is 5.92 Å². The van der Waals surface area contributed by atoms with Crippen molar-refractivity contribution in [3.63, 3.8) is 0 Å². The molecule has 0 saturated carbocycles. The van der Waals surface area contributed by atoms with Crippen molar-refractivity contribution in [1.82, 2.24) is 15.2 Å². The third-order valence-electron chi connectivity index (χ3n) is 1.81. The van der Waals surface area contributed by atoms with E-state index < -0.39 is 0 Å². The summed E-state index contributed by atoms with van der Waals surface area (Å²) in [5.41, 5.74) is 0. The molecular formula is C9H15ClN4. The zero-order chi connectivity index (χ0) is 10.6. The highest BCUT2D eigenvalue weighted by Gasteiger charge is 2.08. The van der Waals surface area contributed by atoms with Gasteiger partial charge < -0.3 is 4.90 Å². The van der Waals surface area contributed by atoms with Crippen LogP contribution in [0.3, 0.4) is 0 Å². The second-order valence-electron chi connectivity index (χ2n) is 3.52. The standard InChI is InChI=1S/C9H15ClN4/c1-4-14(6-7(2)3)8-5-11-13-9(10)12-8/h5,7H,4,6H2,1-3H3. The van der Waals surface area contributed by atoms with Crippen LogP contribution in [0.4, 0.5) is 5.82 Å². The van der Waals surface area contributed by atoms with Crippen LogP contribution in [0.15, 0.2) is 6.20 Å². The lowest BCUT2D eigenvalue weighted by molar-refractivity contribution is 0.612. The molecule has 1 rings (SSSR count). The van der Waals surface area contributed by atoms with Crippen LogP contribution in [0.25, 0.3) is 0 Å². The summed E-state index contributed by atoms with van der Waals surface area (Å²) in [4.78, 5) is 6.25. The fourth-order valence-electron chi connectivity index (χ4n) is 1.25. The second-order valence-corrected chi connectivity index (χ2v) is 3.85. The Morgan fingerprint density at radius 1 is 1.50 bits per heavy atom. The summed E-state index contributed by atoms with van der Waals surface area (Å²) in [6.45, 7) is 8.26. The molecule has 0 saturated heterocycles. The van der Waals surface area contributed by atoms with Crippen molar-refractivity contribution in [3.8, 4) is 0 Å². The van der Waals surface area contributed by atoms with Gasteiger partial charge in [-0.3, -0.25) is 0 Å². The lowest BCUT2D eigenvalue weighted by Crippen LogP contribution is -2.28. The normalized spacial score (nSPS) is 10.6. The average molecular weight is 215 g/mol. The van der Waals surface area contributed by atoms with Crippen molar-refractivity contribution in [2.75, 3.05) is 18.0 Å². The second kappa shape index (κ2) is 5.10. The van der Waals surface area contributed by atoms with E-state index in [9.17, 15) is 0 Å². The van der Waals surface area contributed by atoms with E-state index >= 15 is 0 Å². The van der Waals surface area contributed by atoms with Crippen molar-refractivity contribution < 1.29 is 0 Å². The largest absolute Gasteiger partial charge is 0.355 e. The van der Waals surface area contributed by atoms with Gasteiger partial charge in [-0.1, -0.05) is 13.8 Å². The maximum atomic E-state index is 5.67. The summed E-state index contributed by atoms with van der Waals surface area (Å²) in [7, 11) is 0. The van der Waals surface area contributed by atoms with E-state index in [1.807, 2.05) is 0 Å². The van der Waals surface area contributed by atoms with E-state index in [2.05, 4.69) is 40.9 Å². The quantitative estimate of drug-likeness (QED) is 0.769. The topological polar surface area (TPSA) is 41.9 Å². The lowest BCUT2D eigenvalue weighted by atomic mass is 10.2. The molecule has 78 valence electrons. The molecule has 0 aromatic carbocycles. The van der Waals surface area contributed by atoms with Crippen molar-refractivity contribution in [1.29, 1.82) is 0 Å². The molecule has 0 radical (unpaired) electrons. The van der Waals surface area contributed by atoms with Crippen LogP contribution < -0.4 is 4.90 Å². The van der Waals surface area contributed by atoms with Crippen LogP contribution in [-0.4, -0.2) is 28.3 Å². The van der Waals surface area contributed by atoms with Gasteiger partial charge in [-0.25, -0.2) is 0 Å². The Hall–Kier alpha value is -0.900. The molecular weight excluding hydrogens is 200 g/mol. The van der Waals surface area contributed by atoms with Crippen LogP contribution in [-0.2, 0) is 0 Å². The highest BCUT2D eigenvalue weighted by Crippen LogP contribution is 2.12. The van der Waals surface area contributed by atoms with Crippen molar-refractivity contribution in [3.05, 3.63) is 11.5 Å². The third kappa shape index (κ3) is 3.10. The molecule has 1 aromatic rings. The van der Waals surface area contributed by atoms with Crippen LogP contribution in [0.5, 0.6) is 0 Å². The van der Waals surface area contributed by atoms with E-state index in [1.54, 1.807) is 6.20 Å². The van der Waals surface area contributed by atoms with Gasteiger partial charge in [-0.2, -0.15) is 10.1 Å². The zero-order valence-corrected chi connectivity index (χ0v) is 9.49. The minimum absolute atomic E-state index is 0.199. The summed E-state index contributed by atoms with van der Waals surface area (Å²) >= 11 is 5.67. The van der Waals surface area contributed by atoms with Crippen LogP contribution in [0.1, 0.15) is 20.8 Å². The Balaban J connectivity index is 2.78. The molecule has 0 unspecified atom stereocenters. The maximum absolute atomic E-state index is 5.67. The van der Waals surface area contributed by atoms with E-state index in [0.29, 0.717) is 5.92 Å². The van der Waals surface area contributed by atoms with Crippen LogP contribution >= 0.6 is 11.6 Å². The first-order valence-electron chi connectivity index (χ1n) is 4.73. The van der Waals surface area contributed by atoms with Crippen LogP contribution in [0.2, 0.25) is 5.28 Å². The summed E-state index contributed by atoms with van der Waals surface area (Å²) in [6, 6.07) is 0. The molecule has 1 aromatic heterocycles. The molecule has 5 heteroatoms. The highest BCUT2D eigenvalue weighted by atomic mass is 35.5. The van der Waals surface area contributed by atoms with E-state index in [0.717, 1.165) is 18.9 Å². The van der Waals surface area contributed by atoms with Gasteiger partial charge in [0.05, 0.1) is 6.20 Å². The zero-order valence-electron chi connectivity index (χ0n) is 8.74. The van der Waals surface area contributed by atoms with Crippen molar-refractivity contribution in [2.45, 2.75) is 20.8 Å². The fraction of sp³-hybridized carbons (Fsp3) is 0.667. The summed E-state index contributed by atoms with van der Waals surface area (Å²) in [6.07, 6.45) is 1.64. The maximum Gasteiger partial charge on any atom is 0.244 e. The van der Waals surface area contributed by atoms with Gasteiger partial charge in [-0.15, -0.1) is 5.10 Å². The van der Waals surface area contributed by atoms with E-state index in [1.165, 1.54) is 0 Å². The van der Waals surface area contributed by atoms with Gasteiger partial charge in [0.2, 0.25) is 5.28 Å². The highest BCUT2D eigenvalue weighted by molar-refractivity contribution is 6.28. The SMILES string of the molecule is CCN(CC(C)C)c1cnnc(Cl)n1. The number of hydrogen-bond donors (Lipinski definition) is 0. The fourth-order valence-corrected chi connectivity index (χ4v) is 1.38. The Morgan fingerprint density at radius 2 is 2.21 bits per heavy atom. The molecule has 0 amide bonds. The monoisotopic (exact) mass is 214 g/mol. The molecule has 0 aliphatic rings. The summed E-state index contributed by atoms with van der Waals surface area (Å²) < 4.78 is 0. The number of halogens is 1. The van der Waals surface area contributed by atoms with Gasteiger partial charge in [0.1, 0.15) is 0 Å². The first kappa shape index (κ1) is 11.2. The van der Waals surface area contributed by atoms with Gasteiger partial charge in [0.25, 0.3) is 0 Å². The molecule has 0 atom stereocenters. The molecule has 0 N–H and O–H groups in total.